The molecule has 94 valence electrons. The standard InChI is InChI=1S/C13H20ClN3/c1-17(9-10-4-2-3-5-10)13-6-11(7-15)12(14)8-16-13/h6,8,10H,2-5,7,9,15H2,1H3. The first-order chi connectivity index (χ1) is 8.20. The highest BCUT2D eigenvalue weighted by Crippen LogP contribution is 2.27. The van der Waals surface area contributed by atoms with Crippen LogP contribution in [0.1, 0.15) is 31.2 Å². The second-order valence-electron chi connectivity index (χ2n) is 4.87. The van der Waals surface area contributed by atoms with Crippen LogP contribution in [0.5, 0.6) is 0 Å². The van der Waals surface area contributed by atoms with Crippen molar-refractivity contribution in [2.24, 2.45) is 11.7 Å². The van der Waals surface area contributed by atoms with Crippen LogP contribution in [0.25, 0.3) is 0 Å². The maximum absolute atomic E-state index is 6.01. The van der Waals surface area contributed by atoms with Crippen molar-refractivity contribution in [1.29, 1.82) is 0 Å². The fourth-order valence-corrected chi connectivity index (χ4v) is 2.69. The Bertz CT molecular complexity index is 375. The van der Waals surface area contributed by atoms with Gasteiger partial charge in [-0.3, -0.25) is 0 Å². The number of anilines is 1. The zero-order chi connectivity index (χ0) is 12.3. The molecule has 1 aromatic heterocycles. The third-order valence-corrected chi connectivity index (χ3v) is 3.88. The minimum atomic E-state index is 0.464. The van der Waals surface area contributed by atoms with Crippen molar-refractivity contribution in [1.82, 2.24) is 4.98 Å². The number of nitrogens with zero attached hydrogens (tertiary/aromatic N) is 2. The van der Waals surface area contributed by atoms with Gasteiger partial charge in [0.25, 0.3) is 0 Å². The van der Waals surface area contributed by atoms with Crippen LogP contribution in [0, 0.1) is 5.92 Å². The Hall–Kier alpha value is -0.800. The van der Waals surface area contributed by atoms with E-state index in [1.165, 1.54) is 25.7 Å². The molecule has 0 unspecified atom stereocenters. The van der Waals surface area contributed by atoms with Gasteiger partial charge in [0, 0.05) is 26.3 Å². The largest absolute Gasteiger partial charge is 0.359 e. The number of rotatable bonds is 4. The fourth-order valence-electron chi connectivity index (χ4n) is 2.51. The summed E-state index contributed by atoms with van der Waals surface area (Å²) in [6, 6.07) is 2.00. The molecule has 2 rings (SSSR count). The van der Waals surface area contributed by atoms with Gasteiger partial charge in [-0.15, -0.1) is 0 Å². The third kappa shape index (κ3) is 3.11. The van der Waals surface area contributed by atoms with E-state index >= 15 is 0 Å². The van der Waals surface area contributed by atoms with Crippen LogP contribution < -0.4 is 10.6 Å². The Kier molecular flexibility index (Phi) is 4.24. The predicted octanol–water partition coefficient (Wildman–Crippen LogP) is 2.82. The van der Waals surface area contributed by atoms with Gasteiger partial charge in [0.1, 0.15) is 5.82 Å². The zero-order valence-corrected chi connectivity index (χ0v) is 11.1. The molecule has 0 saturated heterocycles. The lowest BCUT2D eigenvalue weighted by Crippen LogP contribution is -2.25. The van der Waals surface area contributed by atoms with E-state index in [4.69, 9.17) is 17.3 Å². The summed E-state index contributed by atoms with van der Waals surface area (Å²) in [5, 5.41) is 0.658. The summed E-state index contributed by atoms with van der Waals surface area (Å²) in [6.45, 7) is 1.55. The molecule has 0 aromatic carbocycles. The van der Waals surface area contributed by atoms with Gasteiger partial charge in [0.2, 0.25) is 0 Å². The van der Waals surface area contributed by atoms with Crippen LogP contribution >= 0.6 is 11.6 Å². The van der Waals surface area contributed by atoms with E-state index in [2.05, 4.69) is 16.9 Å². The van der Waals surface area contributed by atoms with Crippen LogP contribution in [0.3, 0.4) is 0 Å². The molecule has 1 fully saturated rings. The van der Waals surface area contributed by atoms with Gasteiger partial charge in [0.15, 0.2) is 0 Å². The summed E-state index contributed by atoms with van der Waals surface area (Å²) in [6.07, 6.45) is 7.15. The second-order valence-corrected chi connectivity index (χ2v) is 5.28. The number of hydrogen-bond acceptors (Lipinski definition) is 3. The van der Waals surface area contributed by atoms with Crippen molar-refractivity contribution in [3.63, 3.8) is 0 Å². The molecular formula is C13H20ClN3. The first kappa shape index (κ1) is 12.7. The molecule has 0 atom stereocenters. The Balaban J connectivity index is 2.04. The third-order valence-electron chi connectivity index (χ3n) is 3.54. The summed E-state index contributed by atoms with van der Waals surface area (Å²) in [7, 11) is 2.09. The molecule has 1 aromatic rings. The van der Waals surface area contributed by atoms with Gasteiger partial charge in [-0.25, -0.2) is 4.98 Å². The Morgan fingerprint density at radius 2 is 2.18 bits per heavy atom. The average molecular weight is 254 g/mol. The van der Waals surface area contributed by atoms with E-state index in [-0.39, 0.29) is 0 Å². The highest BCUT2D eigenvalue weighted by molar-refractivity contribution is 6.31. The fraction of sp³-hybridized carbons (Fsp3) is 0.615. The number of pyridine rings is 1. The van der Waals surface area contributed by atoms with Crippen LogP contribution in [0.2, 0.25) is 5.02 Å². The maximum atomic E-state index is 6.01. The molecule has 0 bridgehead atoms. The number of nitrogens with two attached hydrogens (primary N) is 1. The summed E-state index contributed by atoms with van der Waals surface area (Å²) < 4.78 is 0. The normalized spacial score (nSPS) is 16.4. The van der Waals surface area contributed by atoms with Crippen molar-refractivity contribution in [3.05, 3.63) is 22.8 Å². The minimum Gasteiger partial charge on any atom is -0.359 e. The molecule has 0 spiro atoms. The van der Waals surface area contributed by atoms with Gasteiger partial charge in [0.05, 0.1) is 5.02 Å². The van der Waals surface area contributed by atoms with Crippen LogP contribution in [0.15, 0.2) is 12.3 Å². The van der Waals surface area contributed by atoms with E-state index in [9.17, 15) is 0 Å². The molecule has 0 amide bonds. The topological polar surface area (TPSA) is 42.1 Å². The molecule has 2 N–H and O–H groups in total. The summed E-state index contributed by atoms with van der Waals surface area (Å²) in [5.41, 5.74) is 6.62. The van der Waals surface area contributed by atoms with E-state index in [1.54, 1.807) is 6.20 Å². The lowest BCUT2D eigenvalue weighted by molar-refractivity contribution is 0.545. The quantitative estimate of drug-likeness (QED) is 0.897. The summed E-state index contributed by atoms with van der Waals surface area (Å²) in [4.78, 5) is 6.58. The smallest absolute Gasteiger partial charge is 0.128 e. The van der Waals surface area contributed by atoms with Crippen LogP contribution in [0.4, 0.5) is 5.82 Å². The molecule has 0 aliphatic heterocycles. The molecule has 1 aliphatic rings. The van der Waals surface area contributed by atoms with Crippen molar-refractivity contribution < 1.29 is 0 Å². The molecule has 17 heavy (non-hydrogen) atoms. The average Bonchev–Trinajstić information content (AvgIpc) is 2.82. The van der Waals surface area contributed by atoms with Gasteiger partial charge >= 0.3 is 0 Å². The molecular weight excluding hydrogens is 234 g/mol. The highest BCUT2D eigenvalue weighted by atomic mass is 35.5. The summed E-state index contributed by atoms with van der Waals surface area (Å²) in [5.74, 6) is 1.79. The zero-order valence-electron chi connectivity index (χ0n) is 10.3. The molecule has 0 radical (unpaired) electrons. The van der Waals surface area contributed by atoms with Crippen molar-refractivity contribution in [3.8, 4) is 0 Å². The monoisotopic (exact) mass is 253 g/mol. The van der Waals surface area contributed by atoms with Crippen molar-refractivity contribution >= 4 is 17.4 Å². The lowest BCUT2D eigenvalue weighted by Gasteiger charge is -2.22. The van der Waals surface area contributed by atoms with Gasteiger partial charge in [-0.1, -0.05) is 24.4 Å². The maximum Gasteiger partial charge on any atom is 0.128 e. The van der Waals surface area contributed by atoms with E-state index in [0.717, 1.165) is 23.8 Å². The first-order valence-corrected chi connectivity index (χ1v) is 6.64. The first-order valence-electron chi connectivity index (χ1n) is 6.26. The number of aromatic nitrogens is 1. The number of hydrogen-bond donors (Lipinski definition) is 1. The van der Waals surface area contributed by atoms with E-state index in [1.807, 2.05) is 6.07 Å². The van der Waals surface area contributed by atoms with Crippen LogP contribution in [-0.2, 0) is 6.54 Å². The highest BCUT2D eigenvalue weighted by Gasteiger charge is 2.17. The Morgan fingerprint density at radius 1 is 1.47 bits per heavy atom. The van der Waals surface area contributed by atoms with E-state index < -0.39 is 0 Å². The lowest BCUT2D eigenvalue weighted by atomic mass is 10.1. The van der Waals surface area contributed by atoms with Crippen molar-refractivity contribution in [2.75, 3.05) is 18.5 Å². The van der Waals surface area contributed by atoms with Gasteiger partial charge in [-0.05, 0) is 30.4 Å². The van der Waals surface area contributed by atoms with Gasteiger partial charge < -0.3 is 10.6 Å². The number of halogens is 1. The predicted molar refractivity (Wildman–Crippen MR) is 72.4 cm³/mol. The molecule has 4 heteroatoms. The molecule has 3 nitrogen and oxygen atoms in total. The molecule has 1 aliphatic carbocycles. The van der Waals surface area contributed by atoms with Crippen molar-refractivity contribution in [2.45, 2.75) is 32.2 Å². The molecule has 1 saturated carbocycles. The van der Waals surface area contributed by atoms with E-state index in [0.29, 0.717) is 11.6 Å². The summed E-state index contributed by atoms with van der Waals surface area (Å²) >= 11 is 6.01. The van der Waals surface area contributed by atoms with Gasteiger partial charge in [-0.2, -0.15) is 0 Å². The second kappa shape index (κ2) is 5.69. The Morgan fingerprint density at radius 3 is 2.82 bits per heavy atom. The van der Waals surface area contributed by atoms with Crippen LogP contribution in [-0.4, -0.2) is 18.6 Å². The molecule has 1 heterocycles. The SMILES string of the molecule is CN(CC1CCCC1)c1cc(CN)c(Cl)cn1. The minimum absolute atomic E-state index is 0.464. The Labute approximate surface area is 108 Å².